The van der Waals surface area contributed by atoms with Crippen LogP contribution in [0.5, 0.6) is 11.5 Å². The molecule has 7 nitrogen and oxygen atoms in total. The van der Waals surface area contributed by atoms with Crippen molar-refractivity contribution in [2.24, 2.45) is 5.92 Å². The third-order valence-electron chi connectivity index (χ3n) is 7.36. The fraction of sp³-hybridized carbons (Fsp3) is 0.400. The summed E-state index contributed by atoms with van der Waals surface area (Å²) < 4.78 is 14.0. The number of ether oxygens (including phenoxy) is 2. The smallest absolute Gasteiger partial charge is 0.306 e. The van der Waals surface area contributed by atoms with Gasteiger partial charge in [0.2, 0.25) is 0 Å². The minimum absolute atomic E-state index is 0.0634. The van der Waals surface area contributed by atoms with Crippen molar-refractivity contribution in [1.29, 1.82) is 0 Å². The lowest BCUT2D eigenvalue weighted by atomic mass is 9.97. The second kappa shape index (κ2) is 10.3. The van der Waals surface area contributed by atoms with Crippen LogP contribution < -0.4 is 9.47 Å². The first-order chi connectivity index (χ1) is 17.9. The Morgan fingerprint density at radius 3 is 2.70 bits per heavy atom. The number of carbonyl (C=O) groups is 2. The number of nitrogens with zero attached hydrogens (tertiary/aromatic N) is 2. The zero-order chi connectivity index (χ0) is 26.1. The summed E-state index contributed by atoms with van der Waals surface area (Å²) in [7, 11) is 1.66. The van der Waals surface area contributed by atoms with Crippen molar-refractivity contribution in [3.8, 4) is 22.8 Å². The molecule has 5 rings (SSSR count). The number of allylic oxidation sites excluding steroid dienone is 5. The fourth-order valence-corrected chi connectivity index (χ4v) is 5.50. The molecule has 1 aliphatic carbocycles. The zero-order valence-electron chi connectivity index (χ0n) is 21.8. The molecule has 1 amide bonds. The Bertz CT molecular complexity index is 1330. The van der Waals surface area contributed by atoms with Crippen molar-refractivity contribution >= 4 is 23.6 Å². The van der Waals surface area contributed by atoms with Crippen molar-refractivity contribution in [1.82, 2.24) is 9.47 Å². The molecule has 3 aliphatic rings. The first kappa shape index (κ1) is 24.9. The highest BCUT2D eigenvalue weighted by Gasteiger charge is 2.33. The monoisotopic (exact) mass is 502 g/mol. The normalized spacial score (nSPS) is 18.6. The van der Waals surface area contributed by atoms with Crippen LogP contribution in [-0.2, 0) is 11.4 Å². The van der Waals surface area contributed by atoms with E-state index in [9.17, 15) is 14.7 Å². The Hall–Kier alpha value is -3.74. The number of likely N-dealkylation sites (tertiary alicyclic amines) is 1. The quantitative estimate of drug-likeness (QED) is 0.543. The first-order valence-electron chi connectivity index (χ1n) is 13.0. The molecule has 0 bridgehead atoms. The van der Waals surface area contributed by atoms with Crippen molar-refractivity contribution in [3.05, 3.63) is 58.8 Å². The zero-order valence-corrected chi connectivity index (χ0v) is 21.8. The van der Waals surface area contributed by atoms with Gasteiger partial charge < -0.3 is 24.0 Å². The molecule has 7 heteroatoms. The summed E-state index contributed by atoms with van der Waals surface area (Å²) in [6.45, 7) is 5.38. The van der Waals surface area contributed by atoms with Gasteiger partial charge in [-0.15, -0.1) is 0 Å². The Balaban J connectivity index is 1.62. The van der Waals surface area contributed by atoms with Crippen LogP contribution in [0.1, 0.15) is 67.4 Å². The van der Waals surface area contributed by atoms with Gasteiger partial charge in [0.25, 0.3) is 5.91 Å². The highest BCUT2D eigenvalue weighted by molar-refractivity contribution is 5.99. The van der Waals surface area contributed by atoms with Crippen LogP contribution in [0.4, 0.5) is 0 Å². The van der Waals surface area contributed by atoms with Gasteiger partial charge in [0.15, 0.2) is 0 Å². The van der Waals surface area contributed by atoms with Crippen LogP contribution in [-0.4, -0.2) is 46.6 Å². The maximum Gasteiger partial charge on any atom is 0.306 e. The molecule has 0 radical (unpaired) electrons. The number of hydrogen-bond acceptors (Lipinski definition) is 4. The Labute approximate surface area is 217 Å². The number of carboxylic acids is 1. The highest BCUT2D eigenvalue weighted by Crippen LogP contribution is 2.45. The fourth-order valence-electron chi connectivity index (χ4n) is 5.50. The average Bonchev–Trinajstić information content (AvgIpc) is 3.10. The van der Waals surface area contributed by atoms with Gasteiger partial charge in [-0.3, -0.25) is 9.59 Å². The maximum atomic E-state index is 13.9. The lowest BCUT2D eigenvalue weighted by molar-refractivity contribution is -0.142. The number of benzene rings is 1. The summed E-state index contributed by atoms with van der Waals surface area (Å²) in [5, 5.41) is 9.47. The molecule has 3 heterocycles. The molecule has 1 aromatic heterocycles. The molecule has 1 fully saturated rings. The van der Waals surface area contributed by atoms with Gasteiger partial charge in [-0.2, -0.15) is 0 Å². The first-order valence-corrected chi connectivity index (χ1v) is 13.0. The van der Waals surface area contributed by atoms with E-state index in [2.05, 4.69) is 34.9 Å². The molecular weight excluding hydrogens is 468 g/mol. The lowest BCUT2D eigenvalue weighted by Crippen LogP contribution is -2.32. The number of methoxy groups -OCH3 is 1. The third-order valence-corrected chi connectivity index (χ3v) is 7.36. The molecule has 194 valence electrons. The van der Waals surface area contributed by atoms with E-state index in [4.69, 9.17) is 9.47 Å². The number of rotatable bonds is 5. The largest absolute Gasteiger partial charge is 0.496 e. The lowest BCUT2D eigenvalue weighted by Gasteiger charge is -2.24. The van der Waals surface area contributed by atoms with Gasteiger partial charge in [-0.25, -0.2) is 0 Å². The topological polar surface area (TPSA) is 81.0 Å². The molecule has 37 heavy (non-hydrogen) atoms. The standard InChI is InChI=1S/C30H34N2O5/c1-19(2)14-21-15-23-27(16-26(21)36-3)37-18-25-24(17-32(28(23)25)22-9-5-4-6-10-22)29(33)31-12-7-8-20(11-13-31)30(34)35/h5,9-10,14-17,20H,4,6-8,11-13,18H2,1-3H3,(H,34,35). The van der Waals surface area contributed by atoms with Crippen LogP contribution in [0.3, 0.4) is 0 Å². The summed E-state index contributed by atoms with van der Waals surface area (Å²) in [6, 6.07) is 4.01. The summed E-state index contributed by atoms with van der Waals surface area (Å²) in [6.07, 6.45) is 14.2. The Morgan fingerprint density at radius 2 is 2.00 bits per heavy atom. The summed E-state index contributed by atoms with van der Waals surface area (Å²) in [5.74, 6) is 0.237. The summed E-state index contributed by atoms with van der Waals surface area (Å²) >= 11 is 0. The minimum Gasteiger partial charge on any atom is -0.496 e. The molecule has 2 aliphatic heterocycles. The molecule has 1 unspecified atom stereocenters. The van der Waals surface area contributed by atoms with Gasteiger partial charge in [0.1, 0.15) is 18.1 Å². The van der Waals surface area contributed by atoms with E-state index in [1.54, 1.807) is 7.11 Å². The van der Waals surface area contributed by atoms with E-state index in [-0.39, 0.29) is 12.5 Å². The molecule has 0 saturated carbocycles. The summed E-state index contributed by atoms with van der Waals surface area (Å²) in [5.41, 5.74) is 6.52. The number of fused-ring (bicyclic) bond motifs is 3. The molecule has 1 aromatic carbocycles. The van der Waals surface area contributed by atoms with E-state index >= 15 is 0 Å². The van der Waals surface area contributed by atoms with Crippen LogP contribution >= 0.6 is 0 Å². The van der Waals surface area contributed by atoms with Gasteiger partial charge in [0, 0.05) is 47.7 Å². The van der Waals surface area contributed by atoms with E-state index in [1.165, 1.54) is 0 Å². The van der Waals surface area contributed by atoms with Gasteiger partial charge in [-0.1, -0.05) is 23.8 Å². The Morgan fingerprint density at radius 1 is 1.16 bits per heavy atom. The van der Waals surface area contributed by atoms with Gasteiger partial charge in [0.05, 0.1) is 24.3 Å². The molecular formula is C30H34N2O5. The highest BCUT2D eigenvalue weighted by atomic mass is 16.5. The van der Waals surface area contributed by atoms with Crippen LogP contribution in [0.2, 0.25) is 0 Å². The molecule has 1 saturated heterocycles. The summed E-state index contributed by atoms with van der Waals surface area (Å²) in [4.78, 5) is 27.2. The van der Waals surface area contributed by atoms with Crippen molar-refractivity contribution in [3.63, 3.8) is 0 Å². The van der Waals surface area contributed by atoms with Crippen molar-refractivity contribution in [2.75, 3.05) is 20.2 Å². The number of aliphatic carboxylic acids is 1. The maximum absolute atomic E-state index is 13.9. The minimum atomic E-state index is -0.776. The number of carboxylic acid groups (broad SMARTS) is 1. The van der Waals surface area contributed by atoms with Crippen LogP contribution in [0.25, 0.3) is 23.0 Å². The number of hydrogen-bond donors (Lipinski definition) is 1. The van der Waals surface area contributed by atoms with Crippen molar-refractivity contribution in [2.45, 2.75) is 52.6 Å². The second-order valence-electron chi connectivity index (χ2n) is 10.2. The van der Waals surface area contributed by atoms with Gasteiger partial charge >= 0.3 is 5.97 Å². The molecule has 0 spiro atoms. The van der Waals surface area contributed by atoms with Crippen LogP contribution in [0.15, 0.2) is 42.1 Å². The number of aromatic nitrogens is 1. The molecule has 2 aromatic rings. The SMILES string of the molecule is COc1cc2c(cc1C=C(C)C)-c1c(c(C(=O)N3CCCC(C(=O)O)CC3)cn1C1=CCCC=C1)CO2. The van der Waals surface area contributed by atoms with E-state index in [0.29, 0.717) is 37.9 Å². The Kier molecular flexibility index (Phi) is 6.96. The number of carbonyl (C=O) groups excluding carboxylic acids is 1. The molecule has 1 atom stereocenters. The van der Waals surface area contributed by atoms with E-state index in [1.807, 2.05) is 31.0 Å². The predicted molar refractivity (Wildman–Crippen MR) is 144 cm³/mol. The average molecular weight is 503 g/mol. The number of amides is 1. The van der Waals surface area contributed by atoms with Gasteiger partial charge in [-0.05, 0) is 58.1 Å². The van der Waals surface area contributed by atoms with Crippen LogP contribution in [0, 0.1) is 5.92 Å². The van der Waals surface area contributed by atoms with E-state index in [0.717, 1.165) is 58.0 Å². The van der Waals surface area contributed by atoms with E-state index < -0.39 is 11.9 Å². The van der Waals surface area contributed by atoms with Crippen molar-refractivity contribution < 1.29 is 24.2 Å². The second-order valence-corrected chi connectivity index (χ2v) is 10.2. The predicted octanol–water partition coefficient (Wildman–Crippen LogP) is 6.00. The molecule has 1 N–H and O–H groups in total. The third kappa shape index (κ3) is 4.82.